The number of hydrogen-bond acceptors (Lipinski definition) is 2. The van der Waals surface area contributed by atoms with Gasteiger partial charge in [0.15, 0.2) is 0 Å². The zero-order valence-electron chi connectivity index (χ0n) is 12.4. The second-order valence-corrected chi connectivity index (χ2v) is 6.03. The van der Waals surface area contributed by atoms with Gasteiger partial charge in [-0.05, 0) is 44.5 Å². The molecule has 1 aromatic carbocycles. The monoisotopic (exact) mass is 271 g/mol. The molecule has 1 aliphatic rings. The minimum Gasteiger partial charge on any atom is -0.358 e. The lowest BCUT2D eigenvalue weighted by Gasteiger charge is -2.24. The third-order valence-electron chi connectivity index (χ3n) is 4.47. The Bertz CT molecular complexity index is 565. The number of H-pyrrole nitrogens is 1. The summed E-state index contributed by atoms with van der Waals surface area (Å²) < 4.78 is 0. The van der Waals surface area contributed by atoms with Gasteiger partial charge >= 0.3 is 0 Å². The first kappa shape index (κ1) is 13.7. The molecule has 1 aliphatic heterocycles. The number of para-hydroxylation sites is 1. The number of nitrogens with one attached hydrogen (secondary N) is 1. The SMILES string of the molecule is Cc1[nH]c2ccccc2c1C(N)CN1CCCCCC1. The van der Waals surface area contributed by atoms with Crippen molar-refractivity contribution in [1.82, 2.24) is 9.88 Å². The molecule has 1 fully saturated rings. The van der Waals surface area contributed by atoms with E-state index in [-0.39, 0.29) is 6.04 Å². The summed E-state index contributed by atoms with van der Waals surface area (Å²) in [7, 11) is 0. The third-order valence-corrected chi connectivity index (χ3v) is 4.47. The van der Waals surface area contributed by atoms with E-state index >= 15 is 0 Å². The maximum atomic E-state index is 6.53. The van der Waals surface area contributed by atoms with Gasteiger partial charge in [-0.15, -0.1) is 0 Å². The zero-order valence-corrected chi connectivity index (χ0v) is 12.4. The fraction of sp³-hybridized carbons (Fsp3) is 0.529. The van der Waals surface area contributed by atoms with Crippen LogP contribution < -0.4 is 5.73 Å². The van der Waals surface area contributed by atoms with Crippen LogP contribution in [0, 0.1) is 6.92 Å². The Morgan fingerprint density at radius 1 is 1.15 bits per heavy atom. The van der Waals surface area contributed by atoms with Crippen LogP contribution >= 0.6 is 0 Å². The fourth-order valence-electron chi connectivity index (χ4n) is 3.46. The minimum absolute atomic E-state index is 0.101. The molecular weight excluding hydrogens is 246 g/mol. The standard InChI is InChI=1S/C17H25N3/c1-13-17(14-8-4-5-9-16(14)19-13)15(18)12-20-10-6-2-3-7-11-20/h4-5,8-9,15,19H,2-3,6-7,10-12,18H2,1H3. The molecule has 2 heterocycles. The fourth-order valence-corrected chi connectivity index (χ4v) is 3.46. The number of hydrogen-bond donors (Lipinski definition) is 2. The predicted molar refractivity (Wildman–Crippen MR) is 84.9 cm³/mol. The number of rotatable bonds is 3. The van der Waals surface area contributed by atoms with E-state index < -0.39 is 0 Å². The first-order chi connectivity index (χ1) is 9.75. The topological polar surface area (TPSA) is 45.1 Å². The summed E-state index contributed by atoms with van der Waals surface area (Å²) in [5, 5.41) is 1.28. The molecule has 3 nitrogen and oxygen atoms in total. The number of benzene rings is 1. The molecule has 1 aromatic heterocycles. The van der Waals surface area contributed by atoms with Gasteiger partial charge in [-0.2, -0.15) is 0 Å². The molecule has 0 spiro atoms. The predicted octanol–water partition coefficient (Wildman–Crippen LogP) is 3.35. The molecule has 3 rings (SSSR count). The zero-order chi connectivity index (χ0) is 13.9. The highest BCUT2D eigenvalue weighted by Crippen LogP contribution is 2.27. The summed E-state index contributed by atoms with van der Waals surface area (Å²) in [6.07, 6.45) is 5.38. The van der Waals surface area contributed by atoms with Gasteiger partial charge in [0, 0.05) is 29.2 Å². The van der Waals surface area contributed by atoms with E-state index in [0.717, 1.165) is 6.54 Å². The smallest absolute Gasteiger partial charge is 0.0459 e. The van der Waals surface area contributed by atoms with Crippen molar-refractivity contribution in [1.29, 1.82) is 0 Å². The molecule has 2 aromatic rings. The summed E-state index contributed by atoms with van der Waals surface area (Å²) >= 11 is 0. The quantitative estimate of drug-likeness (QED) is 0.899. The lowest BCUT2D eigenvalue weighted by molar-refractivity contribution is 0.268. The number of nitrogens with two attached hydrogens (primary N) is 1. The van der Waals surface area contributed by atoms with Crippen molar-refractivity contribution in [2.45, 2.75) is 38.6 Å². The van der Waals surface area contributed by atoms with Gasteiger partial charge < -0.3 is 15.6 Å². The normalized spacial score (nSPS) is 19.1. The summed E-state index contributed by atoms with van der Waals surface area (Å²) in [5.74, 6) is 0. The third kappa shape index (κ3) is 2.74. The number of aromatic amines is 1. The van der Waals surface area contributed by atoms with Crippen molar-refractivity contribution in [3.05, 3.63) is 35.5 Å². The van der Waals surface area contributed by atoms with Crippen molar-refractivity contribution in [2.24, 2.45) is 5.73 Å². The van der Waals surface area contributed by atoms with Crippen molar-refractivity contribution >= 4 is 10.9 Å². The van der Waals surface area contributed by atoms with Crippen LogP contribution in [0.2, 0.25) is 0 Å². The molecule has 0 saturated carbocycles. The molecule has 0 bridgehead atoms. The van der Waals surface area contributed by atoms with Gasteiger partial charge in [0.2, 0.25) is 0 Å². The highest BCUT2D eigenvalue weighted by Gasteiger charge is 2.19. The molecule has 108 valence electrons. The van der Waals surface area contributed by atoms with Crippen molar-refractivity contribution in [2.75, 3.05) is 19.6 Å². The molecular formula is C17H25N3. The highest BCUT2D eigenvalue weighted by atomic mass is 15.1. The first-order valence-electron chi connectivity index (χ1n) is 7.81. The van der Waals surface area contributed by atoms with Crippen LogP contribution in [0.1, 0.15) is 43.0 Å². The molecule has 3 N–H and O–H groups in total. The van der Waals surface area contributed by atoms with Gasteiger partial charge in [-0.25, -0.2) is 0 Å². The molecule has 1 unspecified atom stereocenters. The Morgan fingerprint density at radius 3 is 2.60 bits per heavy atom. The lowest BCUT2D eigenvalue weighted by atomic mass is 10.0. The van der Waals surface area contributed by atoms with Gasteiger partial charge in [-0.3, -0.25) is 0 Å². The summed E-state index contributed by atoms with van der Waals surface area (Å²) in [6.45, 7) is 5.52. The number of fused-ring (bicyclic) bond motifs is 1. The molecule has 0 radical (unpaired) electrons. The molecule has 20 heavy (non-hydrogen) atoms. The van der Waals surface area contributed by atoms with Gasteiger partial charge in [0.1, 0.15) is 0 Å². The Hall–Kier alpha value is -1.32. The van der Waals surface area contributed by atoms with Crippen molar-refractivity contribution in [3.63, 3.8) is 0 Å². The number of likely N-dealkylation sites (tertiary alicyclic amines) is 1. The van der Waals surface area contributed by atoms with Crippen molar-refractivity contribution in [3.8, 4) is 0 Å². The average molecular weight is 271 g/mol. The van der Waals surface area contributed by atoms with E-state index in [0.29, 0.717) is 0 Å². The van der Waals surface area contributed by atoms with Crippen LogP contribution in [0.4, 0.5) is 0 Å². The van der Waals surface area contributed by atoms with Crippen LogP contribution in [0.3, 0.4) is 0 Å². The average Bonchev–Trinajstić information content (AvgIpc) is 2.60. The van der Waals surface area contributed by atoms with E-state index in [1.165, 1.54) is 60.9 Å². The molecule has 0 aliphatic carbocycles. The number of nitrogens with zero attached hydrogens (tertiary/aromatic N) is 1. The number of aryl methyl sites for hydroxylation is 1. The molecule has 1 atom stereocenters. The Labute approximate surface area is 121 Å². The molecule has 3 heteroatoms. The van der Waals surface area contributed by atoms with E-state index in [4.69, 9.17) is 5.73 Å². The summed E-state index contributed by atoms with van der Waals surface area (Å²) in [5.41, 5.74) is 10.2. The highest BCUT2D eigenvalue weighted by molar-refractivity contribution is 5.85. The summed E-state index contributed by atoms with van der Waals surface area (Å²) in [6, 6.07) is 8.57. The van der Waals surface area contributed by atoms with Gasteiger partial charge in [0.25, 0.3) is 0 Å². The van der Waals surface area contributed by atoms with Gasteiger partial charge in [-0.1, -0.05) is 31.0 Å². The van der Waals surface area contributed by atoms with Gasteiger partial charge in [0.05, 0.1) is 0 Å². The number of aromatic nitrogens is 1. The van der Waals surface area contributed by atoms with E-state index in [9.17, 15) is 0 Å². The van der Waals surface area contributed by atoms with Crippen molar-refractivity contribution < 1.29 is 0 Å². The summed E-state index contributed by atoms with van der Waals surface area (Å²) in [4.78, 5) is 6.00. The van der Waals surface area contributed by atoms with Crippen LogP contribution in [-0.2, 0) is 0 Å². The Morgan fingerprint density at radius 2 is 1.85 bits per heavy atom. The largest absolute Gasteiger partial charge is 0.358 e. The Kier molecular flexibility index (Phi) is 4.08. The van der Waals surface area contributed by atoms with Crippen LogP contribution in [0.15, 0.2) is 24.3 Å². The Balaban J connectivity index is 1.81. The maximum absolute atomic E-state index is 6.53. The molecule has 0 amide bonds. The first-order valence-corrected chi connectivity index (χ1v) is 7.81. The van der Waals surface area contributed by atoms with E-state index in [2.05, 4.69) is 41.1 Å². The van der Waals surface area contributed by atoms with E-state index in [1.54, 1.807) is 0 Å². The maximum Gasteiger partial charge on any atom is 0.0459 e. The minimum atomic E-state index is 0.101. The lowest BCUT2D eigenvalue weighted by Crippen LogP contribution is -2.33. The second kappa shape index (κ2) is 5.98. The molecule has 1 saturated heterocycles. The van der Waals surface area contributed by atoms with Crippen LogP contribution in [0.25, 0.3) is 10.9 Å². The van der Waals surface area contributed by atoms with E-state index in [1.807, 2.05) is 0 Å². The van der Waals surface area contributed by atoms with Crippen LogP contribution in [0.5, 0.6) is 0 Å². The van der Waals surface area contributed by atoms with Crippen LogP contribution in [-0.4, -0.2) is 29.5 Å². The second-order valence-electron chi connectivity index (χ2n) is 6.03.